The Morgan fingerprint density at radius 2 is 1.95 bits per heavy atom. The van der Waals surface area contributed by atoms with E-state index in [-0.39, 0.29) is 0 Å². The van der Waals surface area contributed by atoms with Gasteiger partial charge in [0.25, 0.3) is 0 Å². The summed E-state index contributed by atoms with van der Waals surface area (Å²) in [5, 5.41) is 0.569. The predicted octanol–water partition coefficient (Wildman–Crippen LogP) is 2.41. The zero-order chi connectivity index (χ0) is 13.7. The number of hydrogen-bond acceptors (Lipinski definition) is 4. The van der Waals surface area contributed by atoms with E-state index in [2.05, 4.69) is 34.7 Å². The molecule has 0 amide bonds. The molecule has 5 heteroatoms. The van der Waals surface area contributed by atoms with Crippen molar-refractivity contribution in [3.63, 3.8) is 0 Å². The molecular weight excluding hydrogens is 262 g/mol. The number of aromatic nitrogens is 1. The molecule has 0 radical (unpaired) electrons. The molecule has 0 unspecified atom stereocenters. The molecule has 1 saturated heterocycles. The van der Waals surface area contributed by atoms with Crippen molar-refractivity contribution in [1.29, 1.82) is 0 Å². The van der Waals surface area contributed by atoms with E-state index in [1.807, 2.05) is 6.07 Å². The lowest BCUT2D eigenvalue weighted by Crippen LogP contribution is -2.37. The van der Waals surface area contributed by atoms with Gasteiger partial charge in [0.05, 0.1) is 24.6 Å². The molecule has 0 aromatic carbocycles. The Labute approximate surface area is 120 Å². The monoisotopic (exact) mass is 283 g/mol. The van der Waals surface area contributed by atoms with Crippen LogP contribution in [0, 0.1) is 0 Å². The van der Waals surface area contributed by atoms with Crippen molar-refractivity contribution in [3.05, 3.63) is 23.0 Å². The molecule has 0 saturated carbocycles. The number of hydrogen-bond donors (Lipinski definition) is 0. The molecule has 106 valence electrons. The van der Waals surface area contributed by atoms with Gasteiger partial charge in [0.2, 0.25) is 0 Å². The summed E-state index contributed by atoms with van der Waals surface area (Å²) in [5.74, 6) is 0. The van der Waals surface area contributed by atoms with Gasteiger partial charge in [-0.05, 0) is 25.2 Å². The summed E-state index contributed by atoms with van der Waals surface area (Å²) in [6, 6.07) is 3.96. The molecule has 0 N–H and O–H groups in total. The van der Waals surface area contributed by atoms with Crippen molar-refractivity contribution in [2.45, 2.75) is 20.4 Å². The quantitative estimate of drug-likeness (QED) is 0.776. The van der Waals surface area contributed by atoms with E-state index in [4.69, 9.17) is 16.3 Å². The van der Waals surface area contributed by atoms with Crippen molar-refractivity contribution in [2.24, 2.45) is 0 Å². The minimum atomic E-state index is 0.569. The van der Waals surface area contributed by atoms with E-state index in [0.29, 0.717) is 5.15 Å². The topological polar surface area (TPSA) is 28.6 Å². The van der Waals surface area contributed by atoms with Crippen molar-refractivity contribution >= 4 is 17.3 Å². The molecule has 4 nitrogen and oxygen atoms in total. The normalized spacial score (nSPS) is 16.1. The van der Waals surface area contributed by atoms with Crippen molar-refractivity contribution in [1.82, 2.24) is 9.88 Å². The van der Waals surface area contributed by atoms with Gasteiger partial charge in [0, 0.05) is 19.6 Å². The van der Waals surface area contributed by atoms with Gasteiger partial charge in [-0.15, -0.1) is 0 Å². The molecule has 0 atom stereocenters. The second-order valence-corrected chi connectivity index (χ2v) is 5.05. The Balaban J connectivity index is 2.21. The minimum absolute atomic E-state index is 0.569. The van der Waals surface area contributed by atoms with E-state index in [1.54, 1.807) is 0 Å². The van der Waals surface area contributed by atoms with Gasteiger partial charge in [-0.3, -0.25) is 4.90 Å². The van der Waals surface area contributed by atoms with Crippen LogP contribution < -0.4 is 4.90 Å². The van der Waals surface area contributed by atoms with E-state index in [9.17, 15) is 0 Å². The first-order chi connectivity index (χ1) is 9.24. The number of morpholine rings is 1. The Morgan fingerprint density at radius 1 is 1.26 bits per heavy atom. The maximum Gasteiger partial charge on any atom is 0.129 e. The summed E-state index contributed by atoms with van der Waals surface area (Å²) >= 11 is 6.05. The molecule has 1 aromatic heterocycles. The van der Waals surface area contributed by atoms with Crippen molar-refractivity contribution in [2.75, 3.05) is 44.3 Å². The van der Waals surface area contributed by atoms with Gasteiger partial charge in [0.15, 0.2) is 0 Å². The number of nitrogens with zero attached hydrogens (tertiary/aromatic N) is 3. The van der Waals surface area contributed by atoms with Crippen LogP contribution in [0.2, 0.25) is 5.15 Å². The zero-order valence-electron chi connectivity index (χ0n) is 11.7. The van der Waals surface area contributed by atoms with Crippen LogP contribution in [0.15, 0.2) is 12.1 Å². The lowest BCUT2D eigenvalue weighted by molar-refractivity contribution is 0.122. The van der Waals surface area contributed by atoms with Crippen LogP contribution in [-0.4, -0.2) is 49.3 Å². The van der Waals surface area contributed by atoms with Gasteiger partial charge < -0.3 is 9.64 Å². The molecule has 0 spiro atoms. The molecule has 1 aromatic rings. The van der Waals surface area contributed by atoms with Gasteiger partial charge in [-0.1, -0.05) is 25.4 Å². The zero-order valence-corrected chi connectivity index (χ0v) is 12.5. The summed E-state index contributed by atoms with van der Waals surface area (Å²) in [5.41, 5.74) is 2.26. The van der Waals surface area contributed by atoms with E-state index in [1.165, 1.54) is 5.69 Å². The summed E-state index contributed by atoms with van der Waals surface area (Å²) in [6.45, 7) is 10.6. The summed E-state index contributed by atoms with van der Waals surface area (Å²) in [7, 11) is 0. The van der Waals surface area contributed by atoms with Crippen LogP contribution in [0.3, 0.4) is 0 Å². The number of pyridine rings is 1. The molecule has 1 fully saturated rings. The van der Waals surface area contributed by atoms with Crippen LogP contribution in [-0.2, 0) is 11.3 Å². The molecule has 1 aliphatic rings. The fraction of sp³-hybridized carbons (Fsp3) is 0.643. The molecule has 0 bridgehead atoms. The lowest BCUT2D eigenvalue weighted by Gasteiger charge is -2.31. The molecule has 2 rings (SSSR count). The largest absolute Gasteiger partial charge is 0.378 e. The highest BCUT2D eigenvalue weighted by molar-refractivity contribution is 6.29. The Morgan fingerprint density at radius 3 is 2.58 bits per heavy atom. The second kappa shape index (κ2) is 7.08. The SMILES string of the molecule is CCN(CC)Cc1nc(Cl)ccc1N1CCOCC1. The number of halogens is 1. The predicted molar refractivity (Wildman–Crippen MR) is 78.9 cm³/mol. The fourth-order valence-electron chi connectivity index (χ4n) is 2.33. The lowest BCUT2D eigenvalue weighted by atomic mass is 10.2. The standard InChI is InChI=1S/C14H22ClN3O/c1-3-17(4-2)11-12-13(5-6-14(15)16-12)18-7-9-19-10-8-18/h5-6H,3-4,7-11H2,1-2H3. The Kier molecular flexibility index (Phi) is 5.43. The van der Waals surface area contributed by atoms with Crippen molar-refractivity contribution < 1.29 is 4.74 Å². The van der Waals surface area contributed by atoms with Gasteiger partial charge in [-0.25, -0.2) is 4.98 Å². The Bertz CT molecular complexity index is 404. The second-order valence-electron chi connectivity index (χ2n) is 4.66. The van der Waals surface area contributed by atoms with Gasteiger partial charge in [-0.2, -0.15) is 0 Å². The van der Waals surface area contributed by atoms with Crippen LogP contribution in [0.25, 0.3) is 0 Å². The Hall–Kier alpha value is -0.840. The number of rotatable bonds is 5. The van der Waals surface area contributed by atoms with Gasteiger partial charge in [0.1, 0.15) is 5.15 Å². The van der Waals surface area contributed by atoms with Crippen LogP contribution in [0.5, 0.6) is 0 Å². The average molecular weight is 284 g/mol. The van der Waals surface area contributed by atoms with Gasteiger partial charge >= 0.3 is 0 Å². The highest BCUT2D eigenvalue weighted by atomic mass is 35.5. The number of anilines is 1. The molecule has 1 aliphatic heterocycles. The third-order valence-electron chi connectivity index (χ3n) is 3.54. The first kappa shape index (κ1) is 14.6. The fourth-order valence-corrected chi connectivity index (χ4v) is 2.50. The summed E-state index contributed by atoms with van der Waals surface area (Å²) in [6.07, 6.45) is 0. The van der Waals surface area contributed by atoms with E-state index >= 15 is 0 Å². The maximum atomic E-state index is 6.05. The molecular formula is C14H22ClN3O. The molecule has 2 heterocycles. The highest BCUT2D eigenvalue weighted by Gasteiger charge is 2.17. The summed E-state index contributed by atoms with van der Waals surface area (Å²) < 4.78 is 5.41. The molecule has 19 heavy (non-hydrogen) atoms. The smallest absolute Gasteiger partial charge is 0.129 e. The first-order valence-corrected chi connectivity index (χ1v) is 7.32. The van der Waals surface area contributed by atoms with Crippen LogP contribution >= 0.6 is 11.6 Å². The van der Waals surface area contributed by atoms with E-state index < -0.39 is 0 Å². The highest BCUT2D eigenvalue weighted by Crippen LogP contribution is 2.23. The minimum Gasteiger partial charge on any atom is -0.378 e. The maximum absolute atomic E-state index is 6.05. The number of ether oxygens (including phenoxy) is 1. The third kappa shape index (κ3) is 3.81. The van der Waals surface area contributed by atoms with Crippen LogP contribution in [0.4, 0.5) is 5.69 Å². The van der Waals surface area contributed by atoms with Crippen molar-refractivity contribution in [3.8, 4) is 0 Å². The molecule has 0 aliphatic carbocycles. The first-order valence-electron chi connectivity index (χ1n) is 6.95. The van der Waals surface area contributed by atoms with E-state index in [0.717, 1.165) is 51.6 Å². The van der Waals surface area contributed by atoms with Crippen LogP contribution in [0.1, 0.15) is 19.5 Å². The summed E-state index contributed by atoms with van der Waals surface area (Å²) in [4.78, 5) is 9.21. The average Bonchev–Trinajstić information content (AvgIpc) is 2.46. The third-order valence-corrected chi connectivity index (χ3v) is 3.75.